The van der Waals surface area contributed by atoms with Gasteiger partial charge in [-0.25, -0.2) is 0 Å². The molecule has 0 spiro atoms. The quantitative estimate of drug-likeness (QED) is 0.330. The lowest BCUT2D eigenvalue weighted by molar-refractivity contribution is 1.59. The fourth-order valence-electron chi connectivity index (χ4n) is 2.86. The van der Waals surface area contributed by atoms with Gasteiger partial charge in [0, 0.05) is 19.8 Å². The van der Waals surface area contributed by atoms with Crippen LogP contribution in [-0.4, -0.2) is 0 Å². The Bertz CT molecular complexity index is 892. The SMILES string of the molecule is Cc1sc(-c2c3ccccc3cc3ccccc23)cc1Br. The van der Waals surface area contributed by atoms with Gasteiger partial charge in [-0.05, 0) is 56.5 Å². The van der Waals surface area contributed by atoms with Crippen LogP contribution in [0.1, 0.15) is 4.88 Å². The van der Waals surface area contributed by atoms with Crippen molar-refractivity contribution in [3.8, 4) is 10.4 Å². The smallest absolute Gasteiger partial charge is 0.0369 e. The summed E-state index contributed by atoms with van der Waals surface area (Å²) in [7, 11) is 0. The Hall–Kier alpha value is -1.64. The fourth-order valence-corrected chi connectivity index (χ4v) is 4.47. The Morgan fingerprint density at radius 1 is 0.810 bits per heavy atom. The Morgan fingerprint density at radius 3 is 1.90 bits per heavy atom. The molecule has 0 nitrogen and oxygen atoms in total. The Balaban J connectivity index is 2.21. The van der Waals surface area contributed by atoms with Crippen LogP contribution in [0.4, 0.5) is 0 Å². The largest absolute Gasteiger partial charge is 0.139 e. The van der Waals surface area contributed by atoms with Crippen molar-refractivity contribution in [1.29, 1.82) is 0 Å². The highest BCUT2D eigenvalue weighted by Crippen LogP contribution is 2.41. The lowest BCUT2D eigenvalue weighted by atomic mass is 9.96. The van der Waals surface area contributed by atoms with Gasteiger partial charge in [0.1, 0.15) is 0 Å². The van der Waals surface area contributed by atoms with E-state index in [9.17, 15) is 0 Å². The molecule has 4 aromatic rings. The first-order valence-electron chi connectivity index (χ1n) is 6.91. The molecular formula is C19H13BrS. The molecule has 0 aliphatic rings. The third-order valence-corrected chi connectivity index (χ3v) is 6.03. The van der Waals surface area contributed by atoms with Crippen molar-refractivity contribution >= 4 is 48.8 Å². The van der Waals surface area contributed by atoms with E-state index < -0.39 is 0 Å². The summed E-state index contributed by atoms with van der Waals surface area (Å²) in [6.07, 6.45) is 0. The van der Waals surface area contributed by atoms with E-state index in [0.29, 0.717) is 0 Å². The maximum Gasteiger partial charge on any atom is 0.0369 e. The van der Waals surface area contributed by atoms with Gasteiger partial charge in [-0.2, -0.15) is 0 Å². The van der Waals surface area contributed by atoms with Crippen LogP contribution in [0.25, 0.3) is 32.0 Å². The average molecular weight is 353 g/mol. The molecule has 0 aliphatic carbocycles. The Morgan fingerprint density at radius 2 is 1.38 bits per heavy atom. The summed E-state index contributed by atoms with van der Waals surface area (Å²) in [5.41, 5.74) is 1.35. The predicted molar refractivity (Wildman–Crippen MR) is 97.2 cm³/mol. The molecular weight excluding hydrogens is 340 g/mol. The highest BCUT2D eigenvalue weighted by atomic mass is 79.9. The molecule has 3 aromatic carbocycles. The van der Waals surface area contributed by atoms with Gasteiger partial charge in [-0.15, -0.1) is 11.3 Å². The topological polar surface area (TPSA) is 0 Å². The number of benzene rings is 3. The molecule has 2 heteroatoms. The lowest BCUT2D eigenvalue weighted by Crippen LogP contribution is -1.82. The molecule has 0 bridgehead atoms. The summed E-state index contributed by atoms with van der Waals surface area (Å²) >= 11 is 5.50. The zero-order chi connectivity index (χ0) is 14.4. The summed E-state index contributed by atoms with van der Waals surface area (Å²) in [6, 6.07) is 21.8. The highest BCUT2D eigenvalue weighted by molar-refractivity contribution is 9.10. The van der Waals surface area contributed by atoms with Crippen molar-refractivity contribution in [2.45, 2.75) is 6.92 Å². The summed E-state index contributed by atoms with van der Waals surface area (Å²) in [5.74, 6) is 0. The van der Waals surface area contributed by atoms with Gasteiger partial charge in [0.25, 0.3) is 0 Å². The van der Waals surface area contributed by atoms with Crippen LogP contribution in [-0.2, 0) is 0 Å². The minimum Gasteiger partial charge on any atom is -0.139 e. The second-order valence-electron chi connectivity index (χ2n) is 5.21. The normalized spacial score (nSPS) is 11.3. The van der Waals surface area contributed by atoms with E-state index in [4.69, 9.17) is 0 Å². The number of aryl methyl sites for hydroxylation is 1. The predicted octanol–water partition coefficient (Wildman–Crippen LogP) is 6.79. The summed E-state index contributed by atoms with van der Waals surface area (Å²) in [5, 5.41) is 5.25. The van der Waals surface area contributed by atoms with Crippen molar-refractivity contribution < 1.29 is 0 Å². The zero-order valence-electron chi connectivity index (χ0n) is 11.6. The molecule has 0 atom stereocenters. The van der Waals surface area contributed by atoms with Crippen molar-refractivity contribution in [2.24, 2.45) is 0 Å². The minimum atomic E-state index is 1.19. The van der Waals surface area contributed by atoms with E-state index in [1.165, 1.54) is 41.3 Å². The summed E-state index contributed by atoms with van der Waals surface area (Å²) in [4.78, 5) is 2.65. The Kier molecular flexibility index (Phi) is 3.09. The van der Waals surface area contributed by atoms with Crippen LogP contribution in [0.15, 0.2) is 65.1 Å². The second kappa shape index (κ2) is 4.97. The molecule has 0 aliphatic heterocycles. The minimum absolute atomic E-state index is 1.19. The number of fused-ring (bicyclic) bond motifs is 2. The average Bonchev–Trinajstić information content (AvgIpc) is 2.83. The molecule has 1 heterocycles. The molecule has 0 unspecified atom stereocenters. The third kappa shape index (κ3) is 2.10. The van der Waals surface area contributed by atoms with Crippen molar-refractivity contribution in [3.05, 3.63) is 70.0 Å². The van der Waals surface area contributed by atoms with Crippen LogP contribution in [0.3, 0.4) is 0 Å². The molecule has 0 N–H and O–H groups in total. The summed E-state index contributed by atoms with van der Waals surface area (Å²) in [6.45, 7) is 2.16. The number of hydrogen-bond acceptors (Lipinski definition) is 1. The molecule has 21 heavy (non-hydrogen) atoms. The van der Waals surface area contributed by atoms with Crippen LogP contribution in [0.2, 0.25) is 0 Å². The third-order valence-electron chi connectivity index (χ3n) is 3.87. The van der Waals surface area contributed by atoms with Crippen LogP contribution >= 0.6 is 27.3 Å². The van der Waals surface area contributed by atoms with Gasteiger partial charge in [-0.1, -0.05) is 48.5 Å². The van der Waals surface area contributed by atoms with Gasteiger partial charge in [0.15, 0.2) is 0 Å². The van der Waals surface area contributed by atoms with Crippen LogP contribution in [0.5, 0.6) is 0 Å². The second-order valence-corrected chi connectivity index (χ2v) is 7.32. The number of thiophene rings is 1. The molecule has 0 fully saturated rings. The molecule has 1 aromatic heterocycles. The first-order valence-corrected chi connectivity index (χ1v) is 8.52. The van der Waals surface area contributed by atoms with E-state index in [2.05, 4.69) is 83.5 Å². The van der Waals surface area contributed by atoms with Gasteiger partial charge in [0.2, 0.25) is 0 Å². The van der Waals surface area contributed by atoms with Gasteiger partial charge in [-0.3, -0.25) is 0 Å². The maximum absolute atomic E-state index is 3.65. The molecule has 0 radical (unpaired) electrons. The van der Waals surface area contributed by atoms with Crippen molar-refractivity contribution in [3.63, 3.8) is 0 Å². The Labute approximate surface area is 136 Å². The lowest BCUT2D eigenvalue weighted by Gasteiger charge is -2.10. The van der Waals surface area contributed by atoms with Gasteiger partial charge in [0.05, 0.1) is 0 Å². The summed E-state index contributed by atoms with van der Waals surface area (Å²) < 4.78 is 1.19. The van der Waals surface area contributed by atoms with Crippen molar-refractivity contribution in [2.75, 3.05) is 0 Å². The van der Waals surface area contributed by atoms with E-state index in [0.717, 1.165) is 0 Å². The molecule has 0 saturated heterocycles. The molecule has 4 rings (SSSR count). The fraction of sp³-hybridized carbons (Fsp3) is 0.0526. The zero-order valence-corrected chi connectivity index (χ0v) is 14.0. The van der Waals surface area contributed by atoms with E-state index in [1.54, 1.807) is 0 Å². The number of rotatable bonds is 1. The first-order chi connectivity index (χ1) is 10.2. The molecule has 0 amide bonds. The first kappa shape index (κ1) is 13.1. The van der Waals surface area contributed by atoms with E-state index >= 15 is 0 Å². The van der Waals surface area contributed by atoms with Crippen molar-refractivity contribution in [1.82, 2.24) is 0 Å². The van der Waals surface area contributed by atoms with E-state index in [1.807, 2.05) is 11.3 Å². The monoisotopic (exact) mass is 352 g/mol. The highest BCUT2D eigenvalue weighted by Gasteiger charge is 2.12. The van der Waals surface area contributed by atoms with Crippen LogP contribution in [0, 0.1) is 6.92 Å². The van der Waals surface area contributed by atoms with Gasteiger partial charge >= 0.3 is 0 Å². The van der Waals surface area contributed by atoms with Crippen LogP contribution < -0.4 is 0 Å². The molecule has 0 saturated carbocycles. The standard InChI is InChI=1S/C19H13BrS/c1-12-17(20)11-18(21-12)19-15-8-4-2-6-13(15)10-14-7-3-5-9-16(14)19/h2-11H,1H3. The number of halogens is 1. The molecule has 102 valence electrons. The van der Waals surface area contributed by atoms with Gasteiger partial charge < -0.3 is 0 Å². The number of hydrogen-bond donors (Lipinski definition) is 0. The maximum atomic E-state index is 3.65. The van der Waals surface area contributed by atoms with E-state index in [-0.39, 0.29) is 0 Å².